The molecular formula is C16H10N2O3S. The highest BCUT2D eigenvalue weighted by Crippen LogP contribution is 2.28. The number of carbonyl (C=O) groups is 2. The van der Waals surface area contributed by atoms with E-state index in [2.05, 4.69) is 10.3 Å². The fraction of sp³-hybridized carbons (Fsp3) is 0. The summed E-state index contributed by atoms with van der Waals surface area (Å²) in [5, 5.41) is 2.94. The number of carbonyl (C=O) groups excluding carboxylic acids is 2. The molecule has 0 saturated heterocycles. The lowest BCUT2D eigenvalue weighted by Crippen LogP contribution is -2.20. The molecule has 0 spiro atoms. The van der Waals surface area contributed by atoms with Crippen LogP contribution in [0.1, 0.15) is 5.56 Å². The topological polar surface area (TPSA) is 68.3 Å². The minimum Gasteiger partial charge on any atom is -0.419 e. The van der Waals surface area contributed by atoms with Gasteiger partial charge in [0.1, 0.15) is 10.6 Å². The summed E-state index contributed by atoms with van der Waals surface area (Å²) in [6.07, 6.45) is 3.09. The molecule has 6 heteroatoms. The lowest BCUT2D eigenvalue weighted by atomic mass is 10.1. The standard InChI is InChI=1S/C16H10N2O3S/c19-13-12(15(22)18-11-4-2-1-3-5-11)14(21-16(13)20)10-6-8-17-9-7-10/h1-9H,(H,18,22). The third kappa shape index (κ3) is 2.64. The van der Waals surface area contributed by atoms with Gasteiger partial charge in [0, 0.05) is 23.6 Å². The lowest BCUT2D eigenvalue weighted by Gasteiger charge is -2.08. The quantitative estimate of drug-likeness (QED) is 0.533. The van der Waals surface area contributed by atoms with Crippen molar-refractivity contribution in [2.24, 2.45) is 0 Å². The third-order valence-corrected chi connectivity index (χ3v) is 3.34. The molecule has 1 aliphatic heterocycles. The summed E-state index contributed by atoms with van der Waals surface area (Å²) >= 11 is 5.27. The van der Waals surface area contributed by atoms with E-state index in [9.17, 15) is 9.59 Å². The first-order valence-electron chi connectivity index (χ1n) is 6.44. The number of para-hydroxylation sites is 1. The lowest BCUT2D eigenvalue weighted by molar-refractivity contribution is -0.144. The molecule has 0 atom stereocenters. The first-order valence-corrected chi connectivity index (χ1v) is 6.85. The van der Waals surface area contributed by atoms with E-state index in [1.54, 1.807) is 36.7 Å². The van der Waals surface area contributed by atoms with Gasteiger partial charge in [-0.1, -0.05) is 30.4 Å². The zero-order valence-corrected chi connectivity index (χ0v) is 12.1. The van der Waals surface area contributed by atoms with Crippen molar-refractivity contribution in [1.29, 1.82) is 0 Å². The van der Waals surface area contributed by atoms with Crippen LogP contribution in [0.15, 0.2) is 60.4 Å². The van der Waals surface area contributed by atoms with E-state index < -0.39 is 11.8 Å². The van der Waals surface area contributed by atoms with Crippen LogP contribution in [-0.4, -0.2) is 21.7 Å². The van der Waals surface area contributed by atoms with Gasteiger partial charge in [0.2, 0.25) is 0 Å². The van der Waals surface area contributed by atoms with E-state index in [-0.39, 0.29) is 16.3 Å². The zero-order chi connectivity index (χ0) is 15.5. The molecule has 108 valence electrons. The van der Waals surface area contributed by atoms with Crippen molar-refractivity contribution in [3.8, 4) is 0 Å². The van der Waals surface area contributed by atoms with Gasteiger partial charge in [-0.2, -0.15) is 0 Å². The van der Waals surface area contributed by atoms with Gasteiger partial charge in [0.05, 0.1) is 0 Å². The first kappa shape index (κ1) is 14.1. The summed E-state index contributed by atoms with van der Waals surface area (Å²) in [4.78, 5) is 27.7. The normalized spacial score (nSPS) is 14.0. The smallest absolute Gasteiger partial charge is 0.385 e. The molecule has 22 heavy (non-hydrogen) atoms. The van der Waals surface area contributed by atoms with Crippen LogP contribution >= 0.6 is 12.2 Å². The summed E-state index contributed by atoms with van der Waals surface area (Å²) in [5.74, 6) is -1.52. The molecule has 0 bridgehead atoms. The molecule has 0 radical (unpaired) electrons. The number of esters is 1. The van der Waals surface area contributed by atoms with Gasteiger partial charge in [-0.15, -0.1) is 0 Å². The molecular weight excluding hydrogens is 300 g/mol. The molecule has 1 aliphatic rings. The highest BCUT2D eigenvalue weighted by atomic mass is 32.1. The van der Waals surface area contributed by atoms with Crippen LogP contribution in [0.3, 0.4) is 0 Å². The molecule has 2 heterocycles. The molecule has 0 aliphatic carbocycles. The summed E-state index contributed by atoms with van der Waals surface area (Å²) in [7, 11) is 0. The third-order valence-electron chi connectivity index (χ3n) is 3.04. The van der Waals surface area contributed by atoms with Crippen LogP contribution in [0.4, 0.5) is 5.69 Å². The summed E-state index contributed by atoms with van der Waals surface area (Å²) in [6, 6.07) is 12.4. The first-order chi connectivity index (χ1) is 10.7. The number of anilines is 1. The number of ketones is 1. The van der Waals surface area contributed by atoms with Gasteiger partial charge >= 0.3 is 5.97 Å². The fourth-order valence-corrected chi connectivity index (χ4v) is 2.33. The van der Waals surface area contributed by atoms with Crippen LogP contribution in [0.5, 0.6) is 0 Å². The molecule has 2 aromatic rings. The van der Waals surface area contributed by atoms with Crippen LogP contribution in [0.25, 0.3) is 5.76 Å². The Morgan fingerprint density at radius 1 is 1.05 bits per heavy atom. The Hall–Kier alpha value is -2.86. The van der Waals surface area contributed by atoms with E-state index >= 15 is 0 Å². The molecule has 0 fully saturated rings. The molecule has 1 aromatic carbocycles. The van der Waals surface area contributed by atoms with Crippen molar-refractivity contribution in [1.82, 2.24) is 4.98 Å². The number of thiocarbonyl (C=S) groups is 1. The van der Waals surface area contributed by atoms with Crippen molar-refractivity contribution in [3.05, 3.63) is 66.0 Å². The molecule has 0 amide bonds. The minimum absolute atomic E-state index is 0.0649. The predicted octanol–water partition coefficient (Wildman–Crippen LogP) is 2.36. The highest BCUT2D eigenvalue weighted by molar-refractivity contribution is 7.81. The van der Waals surface area contributed by atoms with Gasteiger partial charge in [-0.25, -0.2) is 4.79 Å². The number of pyridine rings is 1. The molecule has 3 rings (SSSR count). The summed E-state index contributed by atoms with van der Waals surface area (Å²) < 4.78 is 5.07. The van der Waals surface area contributed by atoms with E-state index in [4.69, 9.17) is 17.0 Å². The van der Waals surface area contributed by atoms with E-state index in [0.717, 1.165) is 5.69 Å². The second kappa shape index (κ2) is 5.87. The molecule has 0 saturated carbocycles. The number of aromatic nitrogens is 1. The van der Waals surface area contributed by atoms with Crippen LogP contribution in [0, 0.1) is 0 Å². The predicted molar refractivity (Wildman–Crippen MR) is 84.9 cm³/mol. The zero-order valence-electron chi connectivity index (χ0n) is 11.3. The average Bonchev–Trinajstić information content (AvgIpc) is 2.85. The van der Waals surface area contributed by atoms with Gasteiger partial charge in [-0.3, -0.25) is 9.78 Å². The van der Waals surface area contributed by atoms with Gasteiger partial charge < -0.3 is 10.1 Å². The Balaban J connectivity index is 1.98. The Kier molecular flexibility index (Phi) is 3.76. The number of ether oxygens (including phenoxy) is 1. The minimum atomic E-state index is -0.931. The maximum absolute atomic E-state index is 12.0. The van der Waals surface area contributed by atoms with Crippen molar-refractivity contribution in [2.75, 3.05) is 5.32 Å². The maximum atomic E-state index is 12.0. The second-order valence-electron chi connectivity index (χ2n) is 4.48. The second-order valence-corrected chi connectivity index (χ2v) is 4.89. The van der Waals surface area contributed by atoms with Crippen LogP contribution in [0.2, 0.25) is 0 Å². The Bertz CT molecular complexity index is 786. The fourth-order valence-electron chi connectivity index (χ4n) is 2.02. The monoisotopic (exact) mass is 310 g/mol. The number of hydrogen-bond donors (Lipinski definition) is 1. The Labute approximate surface area is 131 Å². The number of nitrogens with one attached hydrogen (secondary N) is 1. The summed E-state index contributed by atoms with van der Waals surface area (Å²) in [6.45, 7) is 0. The van der Waals surface area contributed by atoms with Gasteiger partial charge in [-0.05, 0) is 24.3 Å². The van der Waals surface area contributed by atoms with E-state index in [1.807, 2.05) is 18.2 Å². The largest absolute Gasteiger partial charge is 0.419 e. The van der Waals surface area contributed by atoms with Gasteiger partial charge in [0.15, 0.2) is 5.76 Å². The Morgan fingerprint density at radius 3 is 2.41 bits per heavy atom. The molecule has 1 aromatic heterocycles. The van der Waals surface area contributed by atoms with E-state index in [0.29, 0.717) is 5.56 Å². The molecule has 5 nitrogen and oxygen atoms in total. The van der Waals surface area contributed by atoms with Crippen molar-refractivity contribution in [3.63, 3.8) is 0 Å². The van der Waals surface area contributed by atoms with E-state index in [1.165, 1.54) is 0 Å². The number of Topliss-reactive ketones (excluding diaryl/α,β-unsaturated/α-hetero) is 1. The van der Waals surface area contributed by atoms with Crippen LogP contribution < -0.4 is 5.32 Å². The number of nitrogens with zero attached hydrogens (tertiary/aromatic N) is 1. The Morgan fingerprint density at radius 2 is 1.73 bits per heavy atom. The van der Waals surface area contributed by atoms with Crippen LogP contribution in [-0.2, 0) is 14.3 Å². The molecule has 1 N–H and O–H groups in total. The number of cyclic esters (lactones) is 1. The van der Waals surface area contributed by atoms with Crippen molar-refractivity contribution in [2.45, 2.75) is 0 Å². The number of hydrogen-bond acceptors (Lipinski definition) is 5. The maximum Gasteiger partial charge on any atom is 0.385 e. The number of rotatable bonds is 3. The SMILES string of the molecule is O=C1OC(c2ccncc2)=C(C(=S)Nc2ccccc2)C1=O. The average molecular weight is 310 g/mol. The van der Waals surface area contributed by atoms with Crippen molar-refractivity contribution < 1.29 is 14.3 Å². The number of benzene rings is 1. The highest BCUT2D eigenvalue weighted by Gasteiger charge is 2.37. The van der Waals surface area contributed by atoms with Crippen molar-refractivity contribution >= 4 is 40.4 Å². The summed E-state index contributed by atoms with van der Waals surface area (Å²) in [5.41, 5.74) is 1.36. The van der Waals surface area contributed by atoms with Gasteiger partial charge in [0.25, 0.3) is 5.78 Å². The molecule has 0 unspecified atom stereocenters.